The smallest absolute Gasteiger partial charge is 0.254 e. The molecule has 0 bridgehead atoms. The summed E-state index contributed by atoms with van der Waals surface area (Å²) in [5.74, 6) is -0.861. The SMILES string of the molecule is O=C(NC[C@]1(O)CO[C@H](CNC(=O)c2ccccc2Cl)[C@H]1O)c1ccoc1. The van der Waals surface area contributed by atoms with Crippen LogP contribution in [0.1, 0.15) is 20.7 Å². The summed E-state index contributed by atoms with van der Waals surface area (Å²) in [6.45, 7) is -0.428. The summed E-state index contributed by atoms with van der Waals surface area (Å²) in [5, 5.41) is 26.4. The van der Waals surface area contributed by atoms with Crippen LogP contribution in [0.25, 0.3) is 0 Å². The molecule has 0 saturated carbocycles. The number of rotatable bonds is 6. The largest absolute Gasteiger partial charge is 0.472 e. The lowest BCUT2D eigenvalue weighted by Gasteiger charge is -2.26. The lowest BCUT2D eigenvalue weighted by molar-refractivity contribution is -0.0464. The molecule has 1 aromatic carbocycles. The highest BCUT2D eigenvalue weighted by atomic mass is 35.5. The Hall–Kier alpha value is -2.39. The molecule has 0 radical (unpaired) electrons. The standard InChI is InChI=1S/C18H19ClN2O6/c19-13-4-2-1-3-12(13)17(24)20-7-14-15(22)18(25,10-27-14)9-21-16(23)11-5-6-26-8-11/h1-6,8,14-15,22,25H,7,9-10H2,(H,20,24)(H,21,23)/t14-,15-,18+/m1/s1. The number of benzene rings is 1. The second-order valence-electron chi connectivity index (χ2n) is 6.28. The van der Waals surface area contributed by atoms with E-state index in [1.165, 1.54) is 18.6 Å². The molecular weight excluding hydrogens is 376 g/mol. The second-order valence-corrected chi connectivity index (χ2v) is 6.69. The van der Waals surface area contributed by atoms with Gasteiger partial charge in [-0.15, -0.1) is 0 Å². The fourth-order valence-corrected chi connectivity index (χ4v) is 2.98. The van der Waals surface area contributed by atoms with Crippen molar-refractivity contribution in [1.82, 2.24) is 10.6 Å². The summed E-state index contributed by atoms with van der Waals surface area (Å²) in [5.41, 5.74) is -1.07. The molecule has 2 aromatic rings. The molecule has 4 N–H and O–H groups in total. The van der Waals surface area contributed by atoms with Gasteiger partial charge in [-0.3, -0.25) is 9.59 Å². The van der Waals surface area contributed by atoms with E-state index in [0.717, 1.165) is 0 Å². The minimum absolute atomic E-state index is 0.0246. The molecule has 2 amide bonds. The molecule has 8 nitrogen and oxygen atoms in total. The summed E-state index contributed by atoms with van der Waals surface area (Å²) in [6, 6.07) is 8.04. The molecule has 1 aromatic heterocycles. The van der Waals surface area contributed by atoms with Crippen molar-refractivity contribution in [3.8, 4) is 0 Å². The van der Waals surface area contributed by atoms with Crippen LogP contribution in [0.2, 0.25) is 5.02 Å². The van der Waals surface area contributed by atoms with Crippen LogP contribution in [0, 0.1) is 0 Å². The number of halogens is 1. The Bertz CT molecular complexity index is 812. The van der Waals surface area contributed by atoms with Gasteiger partial charge in [-0.1, -0.05) is 23.7 Å². The van der Waals surface area contributed by atoms with Gasteiger partial charge < -0.3 is 30.0 Å². The van der Waals surface area contributed by atoms with Crippen LogP contribution in [-0.2, 0) is 4.74 Å². The third kappa shape index (κ3) is 4.30. The summed E-state index contributed by atoms with van der Waals surface area (Å²) in [6.07, 6.45) is 0.504. The van der Waals surface area contributed by atoms with Crippen molar-refractivity contribution in [3.63, 3.8) is 0 Å². The predicted octanol–water partition coefficient (Wildman–Crippen LogP) is 0.584. The Balaban J connectivity index is 1.53. The Morgan fingerprint density at radius 2 is 2.00 bits per heavy atom. The van der Waals surface area contributed by atoms with Crippen molar-refractivity contribution in [1.29, 1.82) is 0 Å². The summed E-state index contributed by atoms with van der Waals surface area (Å²) in [7, 11) is 0. The summed E-state index contributed by atoms with van der Waals surface area (Å²) < 4.78 is 10.2. The zero-order valence-corrected chi connectivity index (χ0v) is 15.0. The molecule has 1 fully saturated rings. The zero-order chi connectivity index (χ0) is 19.4. The fraction of sp³-hybridized carbons (Fsp3) is 0.333. The maximum atomic E-state index is 12.2. The number of amides is 2. The van der Waals surface area contributed by atoms with Gasteiger partial charge >= 0.3 is 0 Å². The van der Waals surface area contributed by atoms with Gasteiger partial charge in [0.25, 0.3) is 11.8 Å². The molecule has 144 valence electrons. The normalized spacial score (nSPS) is 24.6. The van der Waals surface area contributed by atoms with Gasteiger partial charge in [-0.25, -0.2) is 0 Å². The first-order valence-corrected chi connectivity index (χ1v) is 8.64. The lowest BCUT2D eigenvalue weighted by atomic mass is 9.96. The fourth-order valence-electron chi connectivity index (χ4n) is 2.76. The number of hydrogen-bond acceptors (Lipinski definition) is 6. The zero-order valence-electron chi connectivity index (χ0n) is 14.2. The van der Waals surface area contributed by atoms with Gasteiger partial charge in [0.15, 0.2) is 0 Å². The predicted molar refractivity (Wildman–Crippen MR) is 95.5 cm³/mol. The average Bonchev–Trinajstić information content (AvgIpc) is 3.29. The number of furan rings is 1. The highest BCUT2D eigenvalue weighted by molar-refractivity contribution is 6.33. The monoisotopic (exact) mass is 394 g/mol. The lowest BCUT2D eigenvalue weighted by Crippen LogP contribution is -2.53. The van der Waals surface area contributed by atoms with Crippen molar-refractivity contribution in [2.24, 2.45) is 0 Å². The molecular formula is C18H19ClN2O6. The first-order chi connectivity index (χ1) is 12.9. The van der Waals surface area contributed by atoms with E-state index in [-0.39, 0.29) is 19.7 Å². The van der Waals surface area contributed by atoms with E-state index in [4.69, 9.17) is 20.8 Å². The molecule has 1 aliphatic heterocycles. The Kier molecular flexibility index (Phi) is 5.81. The number of carbonyl (C=O) groups excluding carboxylic acids is 2. The Morgan fingerprint density at radius 3 is 2.70 bits per heavy atom. The van der Waals surface area contributed by atoms with Crippen LogP contribution < -0.4 is 10.6 Å². The molecule has 0 aliphatic carbocycles. The number of carbonyl (C=O) groups is 2. The average molecular weight is 395 g/mol. The van der Waals surface area contributed by atoms with E-state index in [0.29, 0.717) is 16.1 Å². The van der Waals surface area contributed by atoms with E-state index in [9.17, 15) is 19.8 Å². The Labute approximate surface area is 160 Å². The van der Waals surface area contributed by atoms with Crippen molar-refractivity contribution >= 4 is 23.4 Å². The molecule has 9 heteroatoms. The topological polar surface area (TPSA) is 121 Å². The number of nitrogens with one attached hydrogen (secondary N) is 2. The highest BCUT2D eigenvalue weighted by Gasteiger charge is 2.48. The van der Waals surface area contributed by atoms with Crippen LogP contribution in [0.5, 0.6) is 0 Å². The van der Waals surface area contributed by atoms with E-state index in [1.807, 2.05) is 0 Å². The molecule has 3 atom stereocenters. The molecule has 0 unspecified atom stereocenters. The van der Waals surface area contributed by atoms with E-state index in [1.54, 1.807) is 24.3 Å². The Morgan fingerprint density at radius 1 is 1.22 bits per heavy atom. The van der Waals surface area contributed by atoms with Gasteiger partial charge in [-0.2, -0.15) is 0 Å². The molecule has 27 heavy (non-hydrogen) atoms. The van der Waals surface area contributed by atoms with Gasteiger partial charge in [0.2, 0.25) is 0 Å². The van der Waals surface area contributed by atoms with Crippen LogP contribution in [0.3, 0.4) is 0 Å². The van der Waals surface area contributed by atoms with E-state index >= 15 is 0 Å². The molecule has 1 aliphatic rings. The van der Waals surface area contributed by atoms with Crippen molar-refractivity contribution in [2.45, 2.75) is 17.8 Å². The van der Waals surface area contributed by atoms with Crippen molar-refractivity contribution < 1.29 is 29.0 Å². The first-order valence-electron chi connectivity index (χ1n) is 8.26. The van der Waals surface area contributed by atoms with Crippen LogP contribution in [-0.4, -0.2) is 59.5 Å². The molecule has 3 rings (SSSR count). The van der Waals surface area contributed by atoms with Crippen LogP contribution >= 0.6 is 11.6 Å². The van der Waals surface area contributed by atoms with Gasteiger partial charge in [0.1, 0.15) is 24.1 Å². The quantitative estimate of drug-likeness (QED) is 0.569. The van der Waals surface area contributed by atoms with Gasteiger partial charge in [-0.05, 0) is 18.2 Å². The van der Waals surface area contributed by atoms with Gasteiger partial charge in [0.05, 0.1) is 35.6 Å². The number of aliphatic hydroxyl groups excluding tert-OH is 1. The summed E-state index contributed by atoms with van der Waals surface area (Å²) in [4.78, 5) is 24.1. The number of ether oxygens (including phenoxy) is 1. The van der Waals surface area contributed by atoms with Gasteiger partial charge in [0, 0.05) is 6.54 Å². The number of hydrogen-bond donors (Lipinski definition) is 4. The van der Waals surface area contributed by atoms with E-state index in [2.05, 4.69) is 10.6 Å². The van der Waals surface area contributed by atoms with Crippen molar-refractivity contribution in [2.75, 3.05) is 19.7 Å². The molecule has 0 spiro atoms. The maximum Gasteiger partial charge on any atom is 0.254 e. The number of aliphatic hydroxyl groups is 2. The first kappa shape index (κ1) is 19.4. The van der Waals surface area contributed by atoms with Crippen LogP contribution in [0.15, 0.2) is 47.3 Å². The third-order valence-electron chi connectivity index (χ3n) is 4.37. The minimum atomic E-state index is -1.67. The second kappa shape index (κ2) is 8.10. The summed E-state index contributed by atoms with van der Waals surface area (Å²) >= 11 is 5.97. The van der Waals surface area contributed by atoms with Crippen molar-refractivity contribution in [3.05, 3.63) is 59.0 Å². The minimum Gasteiger partial charge on any atom is -0.472 e. The molecule has 1 saturated heterocycles. The van der Waals surface area contributed by atoms with E-state index < -0.39 is 29.6 Å². The van der Waals surface area contributed by atoms with Crippen LogP contribution in [0.4, 0.5) is 0 Å². The third-order valence-corrected chi connectivity index (χ3v) is 4.70. The maximum absolute atomic E-state index is 12.2. The molecule has 2 heterocycles. The highest BCUT2D eigenvalue weighted by Crippen LogP contribution is 2.24.